The number of carbonyl (C=O) groups is 1. The number of rotatable bonds is 4. The molecule has 0 fully saturated rings. The normalized spacial score (nSPS) is 16.0. The third-order valence-electron chi connectivity index (χ3n) is 5.82. The molecule has 9 nitrogen and oxygen atoms in total. The zero-order valence-electron chi connectivity index (χ0n) is 18.5. The molecule has 4 heterocycles. The van der Waals surface area contributed by atoms with Gasteiger partial charge < -0.3 is 20.1 Å². The van der Waals surface area contributed by atoms with Crippen molar-refractivity contribution in [1.82, 2.24) is 19.7 Å². The lowest BCUT2D eigenvalue weighted by atomic mass is 9.94. The van der Waals surface area contributed by atoms with E-state index in [9.17, 15) is 4.79 Å². The van der Waals surface area contributed by atoms with Crippen molar-refractivity contribution in [2.45, 2.75) is 13.0 Å². The monoisotopic (exact) mass is 486 g/mol. The third-order valence-corrected chi connectivity index (χ3v) is 6.07. The van der Waals surface area contributed by atoms with E-state index in [-0.39, 0.29) is 12.7 Å². The highest BCUT2D eigenvalue weighted by molar-refractivity contribution is 6.30. The lowest BCUT2D eigenvalue weighted by Crippen LogP contribution is -2.31. The average Bonchev–Trinajstić information content (AvgIpc) is 3.50. The largest absolute Gasteiger partial charge is 0.454 e. The van der Waals surface area contributed by atoms with Crippen molar-refractivity contribution >= 4 is 29.3 Å². The number of hydrogen-bond donors (Lipinski definition) is 2. The Hall–Kier alpha value is -4.37. The van der Waals surface area contributed by atoms with Gasteiger partial charge in [0.05, 0.1) is 5.57 Å². The van der Waals surface area contributed by atoms with Gasteiger partial charge in [0.25, 0.3) is 5.91 Å². The zero-order chi connectivity index (χ0) is 23.9. The Kier molecular flexibility index (Phi) is 5.11. The van der Waals surface area contributed by atoms with Gasteiger partial charge in [-0.25, -0.2) is 9.67 Å². The Morgan fingerprint density at radius 1 is 1.11 bits per heavy atom. The highest BCUT2D eigenvalue weighted by Crippen LogP contribution is 2.41. The van der Waals surface area contributed by atoms with Crippen molar-refractivity contribution in [2.24, 2.45) is 0 Å². The molecule has 0 saturated heterocycles. The molecule has 2 N–H and O–H groups in total. The van der Waals surface area contributed by atoms with Gasteiger partial charge >= 0.3 is 0 Å². The molecule has 0 bridgehead atoms. The zero-order valence-corrected chi connectivity index (χ0v) is 19.3. The molecule has 6 rings (SSSR count). The first-order valence-corrected chi connectivity index (χ1v) is 11.3. The number of halogens is 1. The summed E-state index contributed by atoms with van der Waals surface area (Å²) in [6.07, 6.45) is 1.62. The molecule has 2 aromatic heterocycles. The molecule has 35 heavy (non-hydrogen) atoms. The van der Waals surface area contributed by atoms with Gasteiger partial charge in [-0.2, -0.15) is 4.98 Å². The molecule has 1 amide bonds. The van der Waals surface area contributed by atoms with E-state index in [1.165, 1.54) is 0 Å². The van der Waals surface area contributed by atoms with E-state index in [0.29, 0.717) is 45.4 Å². The molecule has 10 heteroatoms. The summed E-state index contributed by atoms with van der Waals surface area (Å²) in [7, 11) is 0. The molecular weight excluding hydrogens is 468 g/mol. The summed E-state index contributed by atoms with van der Waals surface area (Å²) in [5.41, 5.74) is 2.74. The number of carbonyl (C=O) groups excluding carboxylic acids is 1. The van der Waals surface area contributed by atoms with Crippen molar-refractivity contribution in [1.29, 1.82) is 0 Å². The number of nitrogens with zero attached hydrogens (tertiary/aromatic N) is 4. The van der Waals surface area contributed by atoms with Crippen LogP contribution < -0.4 is 20.1 Å². The number of allylic oxidation sites excluding steroid dienone is 1. The van der Waals surface area contributed by atoms with Crippen molar-refractivity contribution < 1.29 is 14.3 Å². The molecule has 174 valence electrons. The van der Waals surface area contributed by atoms with E-state index in [2.05, 4.69) is 15.6 Å². The fraction of sp³-hybridized carbons (Fsp3) is 0.120. The Labute approximate surface area is 205 Å². The summed E-state index contributed by atoms with van der Waals surface area (Å²) in [4.78, 5) is 22.5. The van der Waals surface area contributed by atoms with Crippen LogP contribution in [0.4, 0.5) is 11.8 Å². The Morgan fingerprint density at radius 3 is 2.74 bits per heavy atom. The summed E-state index contributed by atoms with van der Waals surface area (Å²) in [5.74, 6) is 2.45. The van der Waals surface area contributed by atoms with Crippen LogP contribution in [-0.2, 0) is 4.79 Å². The standard InChI is InChI=1S/C25H19ClN6O3/c1-14-21(24(33)29-20-4-2-3-11-27-20)22(16-7-10-18-19(12-16)35-13-34-18)32-25(28-14)30-23(31-32)15-5-8-17(26)9-6-15/h2-12,22H,13H2,1H3,(H,27,29,33)(H,28,30,31). The maximum atomic E-state index is 13.5. The van der Waals surface area contributed by atoms with Crippen molar-refractivity contribution in [3.8, 4) is 22.9 Å². The number of anilines is 2. The predicted molar refractivity (Wildman–Crippen MR) is 130 cm³/mol. The maximum Gasteiger partial charge on any atom is 0.257 e. The number of aromatic nitrogens is 4. The molecule has 4 aromatic rings. The molecule has 0 spiro atoms. The van der Waals surface area contributed by atoms with Crippen molar-refractivity contribution in [3.05, 3.63) is 88.7 Å². The van der Waals surface area contributed by atoms with Gasteiger partial charge in [0.15, 0.2) is 17.3 Å². The van der Waals surface area contributed by atoms with Crippen LogP contribution in [0.3, 0.4) is 0 Å². The number of amides is 1. The fourth-order valence-electron chi connectivity index (χ4n) is 4.18. The molecule has 2 aromatic carbocycles. The van der Waals surface area contributed by atoms with Gasteiger partial charge in [-0.3, -0.25) is 4.79 Å². The molecule has 2 aliphatic rings. The number of nitrogens with one attached hydrogen (secondary N) is 2. The van der Waals surface area contributed by atoms with Gasteiger partial charge in [-0.1, -0.05) is 23.7 Å². The smallest absolute Gasteiger partial charge is 0.257 e. The molecule has 0 radical (unpaired) electrons. The van der Waals surface area contributed by atoms with Crippen LogP contribution in [0.15, 0.2) is 78.1 Å². The van der Waals surface area contributed by atoms with Crippen LogP contribution in [0.5, 0.6) is 11.5 Å². The van der Waals surface area contributed by atoms with Gasteiger partial charge in [-0.05, 0) is 61.0 Å². The van der Waals surface area contributed by atoms with E-state index in [0.717, 1.165) is 11.1 Å². The second-order valence-corrected chi connectivity index (χ2v) is 8.49. The lowest BCUT2D eigenvalue weighted by molar-refractivity contribution is -0.113. The minimum absolute atomic E-state index is 0.155. The summed E-state index contributed by atoms with van der Waals surface area (Å²) < 4.78 is 12.8. The van der Waals surface area contributed by atoms with Gasteiger partial charge in [0.1, 0.15) is 11.9 Å². The van der Waals surface area contributed by atoms with Crippen molar-refractivity contribution in [3.63, 3.8) is 0 Å². The number of ether oxygens (including phenoxy) is 2. The molecule has 0 aliphatic carbocycles. The summed E-state index contributed by atoms with van der Waals surface area (Å²) >= 11 is 6.05. The average molecular weight is 487 g/mol. The molecular formula is C25H19ClN6O3. The summed E-state index contributed by atoms with van der Waals surface area (Å²) in [6, 6.07) is 17.7. The topological polar surface area (TPSA) is 103 Å². The van der Waals surface area contributed by atoms with E-state index < -0.39 is 6.04 Å². The quantitative estimate of drug-likeness (QED) is 0.432. The Bertz CT molecular complexity index is 1470. The summed E-state index contributed by atoms with van der Waals surface area (Å²) in [6.45, 7) is 2.00. The summed E-state index contributed by atoms with van der Waals surface area (Å²) in [5, 5.41) is 11.5. The number of benzene rings is 2. The molecule has 1 unspecified atom stereocenters. The molecule has 2 aliphatic heterocycles. The van der Waals surface area contributed by atoms with Gasteiger partial charge in [-0.15, -0.1) is 5.10 Å². The Morgan fingerprint density at radius 2 is 1.94 bits per heavy atom. The minimum Gasteiger partial charge on any atom is -0.454 e. The number of fused-ring (bicyclic) bond motifs is 2. The van der Waals surface area contributed by atoms with Crippen LogP contribution in [0.1, 0.15) is 18.5 Å². The number of pyridine rings is 1. The van der Waals surface area contributed by atoms with Crippen LogP contribution in [0, 0.1) is 0 Å². The first-order valence-electron chi connectivity index (χ1n) is 10.9. The maximum absolute atomic E-state index is 13.5. The minimum atomic E-state index is -0.571. The lowest BCUT2D eigenvalue weighted by Gasteiger charge is -2.28. The van der Waals surface area contributed by atoms with E-state index in [4.69, 9.17) is 31.2 Å². The van der Waals surface area contributed by atoms with Crippen LogP contribution in [0.2, 0.25) is 5.02 Å². The van der Waals surface area contributed by atoms with E-state index in [1.54, 1.807) is 35.1 Å². The van der Waals surface area contributed by atoms with Crippen LogP contribution in [0.25, 0.3) is 11.4 Å². The second-order valence-electron chi connectivity index (χ2n) is 8.06. The van der Waals surface area contributed by atoms with Crippen LogP contribution in [-0.4, -0.2) is 32.4 Å². The third kappa shape index (κ3) is 3.85. The SMILES string of the molecule is CC1=C(C(=O)Nc2ccccn2)C(c2ccc3c(c2)OCO3)n2nc(-c3ccc(Cl)cc3)nc2N1. The fourth-order valence-corrected chi connectivity index (χ4v) is 4.30. The second kappa shape index (κ2) is 8.44. The van der Waals surface area contributed by atoms with E-state index in [1.807, 2.05) is 43.3 Å². The molecule has 0 saturated carbocycles. The first-order chi connectivity index (χ1) is 17.1. The predicted octanol–water partition coefficient (Wildman–Crippen LogP) is 4.65. The van der Waals surface area contributed by atoms with Crippen molar-refractivity contribution in [2.75, 3.05) is 17.4 Å². The van der Waals surface area contributed by atoms with Gasteiger partial charge in [0, 0.05) is 22.5 Å². The van der Waals surface area contributed by atoms with Crippen LogP contribution >= 0.6 is 11.6 Å². The highest BCUT2D eigenvalue weighted by Gasteiger charge is 2.35. The van der Waals surface area contributed by atoms with Gasteiger partial charge in [0.2, 0.25) is 12.7 Å². The Balaban J connectivity index is 1.46. The highest BCUT2D eigenvalue weighted by atomic mass is 35.5. The molecule has 1 atom stereocenters. The van der Waals surface area contributed by atoms with E-state index >= 15 is 0 Å². The number of hydrogen-bond acceptors (Lipinski definition) is 7. The first kappa shape index (κ1) is 21.2.